The number of fused-ring (bicyclic) bond motifs is 1. The fourth-order valence-corrected chi connectivity index (χ4v) is 10.00. The van der Waals surface area contributed by atoms with Crippen LogP contribution in [0.4, 0.5) is 5.82 Å². The van der Waals surface area contributed by atoms with Crippen LogP contribution in [0.2, 0.25) is 0 Å². The predicted molar refractivity (Wildman–Crippen MR) is 243 cm³/mol. The Bertz CT molecular complexity index is 2100. The van der Waals surface area contributed by atoms with E-state index < -0.39 is 23.8 Å². The summed E-state index contributed by atoms with van der Waals surface area (Å²) in [4.78, 5) is 93.2. The van der Waals surface area contributed by atoms with Crippen LogP contribution in [0, 0.1) is 5.92 Å². The molecule has 2 aromatic heterocycles. The molecular weight excluding hydrogens is 817 g/mol. The molecule has 0 radical (unpaired) electrons. The number of unbranched alkanes of at least 4 members (excludes halogenated alkanes) is 6. The van der Waals surface area contributed by atoms with E-state index in [0.717, 1.165) is 124 Å². The Balaban J connectivity index is 0.708. The van der Waals surface area contributed by atoms with Gasteiger partial charge in [-0.3, -0.25) is 48.9 Å². The molecule has 334 valence electrons. The number of carbonyl (C=O) groups is 6. The molecule has 6 amide bonds. The van der Waals surface area contributed by atoms with Gasteiger partial charge in [0, 0.05) is 81.8 Å². The molecule has 0 spiro atoms. The van der Waals surface area contributed by atoms with Crippen LogP contribution in [-0.4, -0.2) is 124 Å². The number of rotatable bonds is 20. The third kappa shape index (κ3) is 12.4. The Hall–Kier alpha value is -5.41. The molecule has 3 saturated heterocycles. The smallest absolute Gasteiger partial charge is 0.263 e. The number of nitrogens with one attached hydrogen (secondary N) is 2. The van der Waals surface area contributed by atoms with Crippen molar-refractivity contribution in [2.24, 2.45) is 5.92 Å². The summed E-state index contributed by atoms with van der Waals surface area (Å²) in [6.07, 6.45) is 20.7. The molecule has 6 heterocycles. The number of piperidine rings is 2. The Morgan fingerprint density at radius 1 is 0.810 bits per heavy atom. The van der Waals surface area contributed by atoms with E-state index in [0.29, 0.717) is 29.2 Å². The Labute approximate surface area is 374 Å². The largest absolute Gasteiger partial charge is 0.354 e. The molecule has 15 heteroatoms. The molecule has 4 aliphatic heterocycles. The minimum Gasteiger partial charge on any atom is -0.354 e. The molecule has 1 unspecified atom stereocenters. The van der Waals surface area contributed by atoms with Gasteiger partial charge >= 0.3 is 0 Å². The van der Waals surface area contributed by atoms with E-state index in [1.54, 1.807) is 54.6 Å². The summed E-state index contributed by atoms with van der Waals surface area (Å²) >= 11 is 1.58. The van der Waals surface area contributed by atoms with Crippen molar-refractivity contribution < 1.29 is 28.8 Å². The van der Waals surface area contributed by atoms with E-state index in [1.807, 2.05) is 35.2 Å². The fraction of sp³-hybridized carbons (Fsp3) is 0.500. The molecule has 7 rings (SSSR count). The average Bonchev–Trinajstić information content (AvgIpc) is 3.56. The topological polar surface area (TPSA) is 165 Å². The molecule has 0 bridgehead atoms. The van der Waals surface area contributed by atoms with Crippen molar-refractivity contribution in [1.82, 2.24) is 35.3 Å². The summed E-state index contributed by atoms with van der Waals surface area (Å²) < 4.78 is 0. The highest BCUT2D eigenvalue weighted by molar-refractivity contribution is 7.99. The van der Waals surface area contributed by atoms with Crippen LogP contribution < -0.4 is 15.5 Å². The minimum absolute atomic E-state index is 0.0614. The molecule has 2 N–H and O–H groups in total. The standard InChI is InChI=1S/C48H60N8O6S/c57-42(19-15-36-12-10-23-49-33-36)50-24-6-5-11-35-21-26-55(27-22-35)46(60)37-16-18-41(51-34-37)54-30-28-53(29-31-54)25-7-3-1-2-4-8-32-63-40-14-9-13-38-44(40)48(62)56(47(38)61)39-17-20-43(58)52-45(39)59/h9-10,12-16,18-19,23,33-35,39H,1-8,11,17,20-22,24-32H2,(H,50,57)(H,52,58,59)/b19-15+. The van der Waals surface area contributed by atoms with Crippen molar-refractivity contribution in [3.63, 3.8) is 0 Å². The number of benzene rings is 1. The summed E-state index contributed by atoms with van der Waals surface area (Å²) in [6.45, 7) is 7.11. The van der Waals surface area contributed by atoms with Gasteiger partial charge in [-0.25, -0.2) is 4.98 Å². The van der Waals surface area contributed by atoms with Gasteiger partial charge in [0.25, 0.3) is 17.7 Å². The predicted octanol–water partition coefficient (Wildman–Crippen LogP) is 5.98. The van der Waals surface area contributed by atoms with E-state index >= 15 is 0 Å². The number of carbonyl (C=O) groups excluding carboxylic acids is 6. The first-order chi connectivity index (χ1) is 30.7. The number of imide groups is 2. The molecule has 3 fully saturated rings. The first-order valence-electron chi connectivity index (χ1n) is 22.8. The first kappa shape index (κ1) is 45.6. The van der Waals surface area contributed by atoms with E-state index in [9.17, 15) is 28.8 Å². The van der Waals surface area contributed by atoms with Gasteiger partial charge in [0.05, 0.1) is 16.7 Å². The molecule has 0 saturated carbocycles. The second kappa shape index (κ2) is 22.8. The van der Waals surface area contributed by atoms with Crippen LogP contribution in [0.5, 0.6) is 0 Å². The number of amides is 6. The monoisotopic (exact) mass is 876 g/mol. The van der Waals surface area contributed by atoms with E-state index in [2.05, 4.69) is 25.4 Å². The van der Waals surface area contributed by atoms with Gasteiger partial charge < -0.3 is 15.1 Å². The number of pyridine rings is 2. The van der Waals surface area contributed by atoms with Gasteiger partial charge in [-0.2, -0.15) is 0 Å². The van der Waals surface area contributed by atoms with E-state index in [1.165, 1.54) is 19.3 Å². The zero-order chi connectivity index (χ0) is 44.0. The molecule has 14 nitrogen and oxygen atoms in total. The van der Waals surface area contributed by atoms with Crippen LogP contribution in [0.1, 0.15) is 120 Å². The molecular formula is C48H60N8O6S. The van der Waals surface area contributed by atoms with Crippen molar-refractivity contribution in [3.05, 3.63) is 89.4 Å². The third-order valence-corrected chi connectivity index (χ3v) is 13.7. The molecule has 0 aliphatic carbocycles. The number of likely N-dealkylation sites (tertiary alicyclic amines) is 1. The summed E-state index contributed by atoms with van der Waals surface area (Å²) in [5.74, 6) is 0.448. The average molecular weight is 877 g/mol. The van der Waals surface area contributed by atoms with Crippen molar-refractivity contribution >= 4 is 59.1 Å². The summed E-state index contributed by atoms with van der Waals surface area (Å²) in [6, 6.07) is 12.0. The Kier molecular flexibility index (Phi) is 16.5. The second-order valence-corrected chi connectivity index (χ2v) is 18.1. The van der Waals surface area contributed by atoms with Gasteiger partial charge in [-0.05, 0) is 98.7 Å². The third-order valence-electron chi connectivity index (χ3n) is 12.6. The maximum atomic E-state index is 13.3. The van der Waals surface area contributed by atoms with Crippen molar-refractivity contribution in [2.45, 2.75) is 94.4 Å². The number of hydrogen-bond acceptors (Lipinski definition) is 11. The molecule has 1 aromatic carbocycles. The van der Waals surface area contributed by atoms with Crippen molar-refractivity contribution in [3.8, 4) is 0 Å². The molecule has 63 heavy (non-hydrogen) atoms. The normalized spacial score (nSPS) is 18.6. The van der Waals surface area contributed by atoms with Crippen LogP contribution >= 0.6 is 11.8 Å². The van der Waals surface area contributed by atoms with E-state index in [4.69, 9.17) is 4.98 Å². The number of nitrogens with zero attached hydrogens (tertiary/aromatic N) is 6. The van der Waals surface area contributed by atoms with Crippen molar-refractivity contribution in [2.75, 3.05) is 63.0 Å². The SMILES string of the molecule is O=C(/C=C/c1cccnc1)NCCCCC1CCN(C(=O)c2ccc(N3CCN(CCCCCCCCSc4cccc5c4C(=O)N(C4CCC(=O)NC4=O)C5=O)CC3)nc2)CC1. The molecule has 3 aromatic rings. The van der Waals surface area contributed by atoms with Crippen LogP contribution in [0.15, 0.2) is 72.0 Å². The summed E-state index contributed by atoms with van der Waals surface area (Å²) in [5.41, 5.74) is 2.25. The minimum atomic E-state index is -0.955. The highest BCUT2D eigenvalue weighted by atomic mass is 32.2. The lowest BCUT2D eigenvalue weighted by Crippen LogP contribution is -2.54. The van der Waals surface area contributed by atoms with Crippen molar-refractivity contribution in [1.29, 1.82) is 0 Å². The highest BCUT2D eigenvalue weighted by Crippen LogP contribution is 2.35. The maximum absolute atomic E-state index is 13.3. The number of anilines is 1. The zero-order valence-corrected chi connectivity index (χ0v) is 37.0. The quantitative estimate of drug-likeness (QED) is 0.0594. The van der Waals surface area contributed by atoms with Gasteiger partial charge in [0.15, 0.2) is 0 Å². The Morgan fingerprint density at radius 3 is 2.35 bits per heavy atom. The van der Waals surface area contributed by atoms with Gasteiger partial charge in [0.1, 0.15) is 11.9 Å². The van der Waals surface area contributed by atoms with E-state index in [-0.39, 0.29) is 30.6 Å². The van der Waals surface area contributed by atoms with Gasteiger partial charge in [-0.15, -0.1) is 11.8 Å². The zero-order valence-electron chi connectivity index (χ0n) is 36.2. The number of piperazine rings is 1. The second-order valence-electron chi connectivity index (χ2n) is 17.0. The fourth-order valence-electron chi connectivity index (χ4n) is 8.91. The number of thioether (sulfide) groups is 1. The molecule has 1 atom stereocenters. The van der Waals surface area contributed by atoms with Gasteiger partial charge in [-0.1, -0.05) is 50.7 Å². The maximum Gasteiger partial charge on any atom is 0.263 e. The first-order valence-corrected chi connectivity index (χ1v) is 23.8. The lowest BCUT2D eigenvalue weighted by molar-refractivity contribution is -0.136. The summed E-state index contributed by atoms with van der Waals surface area (Å²) in [5, 5.41) is 5.21. The van der Waals surface area contributed by atoms with Crippen LogP contribution in [0.25, 0.3) is 6.08 Å². The molecule has 4 aliphatic rings. The lowest BCUT2D eigenvalue weighted by Gasteiger charge is -2.35. The van der Waals surface area contributed by atoms with Gasteiger partial charge in [0.2, 0.25) is 17.7 Å². The number of aromatic nitrogens is 2. The highest BCUT2D eigenvalue weighted by Gasteiger charge is 2.45. The Morgan fingerprint density at radius 2 is 1.60 bits per heavy atom. The van der Waals surface area contributed by atoms with Crippen LogP contribution in [0.3, 0.4) is 0 Å². The summed E-state index contributed by atoms with van der Waals surface area (Å²) in [7, 11) is 0. The lowest BCUT2D eigenvalue weighted by atomic mass is 9.91. The van der Waals surface area contributed by atoms with Crippen LogP contribution in [-0.2, 0) is 14.4 Å². The number of hydrogen-bond donors (Lipinski definition) is 2.